The van der Waals surface area contributed by atoms with Crippen LogP contribution >= 0.6 is 0 Å². The normalized spacial score (nSPS) is 14.8. The molecule has 0 aliphatic carbocycles. The lowest BCUT2D eigenvalue weighted by atomic mass is 10.1. The molecule has 416 valence electrons. The van der Waals surface area contributed by atoms with Crippen molar-refractivity contribution in [3.05, 3.63) is 145 Å². The number of aromatic nitrogens is 8. The van der Waals surface area contributed by atoms with Crippen LogP contribution in [0.1, 0.15) is 48.5 Å². The van der Waals surface area contributed by atoms with Gasteiger partial charge in [0.15, 0.2) is 17.9 Å². The van der Waals surface area contributed by atoms with E-state index < -0.39 is 43.2 Å². The molecule has 0 spiro atoms. The number of piperazine rings is 2. The minimum absolute atomic E-state index is 0. The van der Waals surface area contributed by atoms with Gasteiger partial charge in [-0.05, 0) is 111 Å². The number of likely N-dealkylation sites (N-methyl/N-ethyl adjacent to an activating group) is 1. The third-order valence-corrected chi connectivity index (χ3v) is 13.0. The second-order valence-corrected chi connectivity index (χ2v) is 19.0. The lowest BCUT2D eigenvalue weighted by Gasteiger charge is -2.36. The van der Waals surface area contributed by atoms with E-state index in [0.717, 1.165) is 44.5 Å². The summed E-state index contributed by atoms with van der Waals surface area (Å²) < 4.78 is 110. The predicted molar refractivity (Wildman–Crippen MR) is 287 cm³/mol. The number of amides is 2. The first-order chi connectivity index (χ1) is 37.2. The minimum atomic E-state index is -4.23. The van der Waals surface area contributed by atoms with Crippen LogP contribution in [-0.2, 0) is 6.54 Å². The molecule has 4 aromatic heterocycles. The highest BCUT2D eigenvalue weighted by atomic mass is 19.4. The van der Waals surface area contributed by atoms with E-state index in [0.29, 0.717) is 47.0 Å². The summed E-state index contributed by atoms with van der Waals surface area (Å²) in [4.78, 5) is 56.8. The molecular weight excluding hydrogens is 1040 g/mol. The largest absolute Gasteiger partial charge is 0.401 e. The number of anilines is 4. The molecule has 1 atom stereocenters. The number of alkyl halides is 6. The number of rotatable bonds is 14. The number of nitrogens with one attached hydrogen (secondary N) is 4. The molecular formula is C55H58F8N14O2. The Balaban J connectivity index is 0.000000208. The van der Waals surface area contributed by atoms with Gasteiger partial charge in [0.05, 0.1) is 49.5 Å². The summed E-state index contributed by atoms with van der Waals surface area (Å²) in [5, 5.41) is 5.61. The van der Waals surface area contributed by atoms with Crippen molar-refractivity contribution in [1.82, 2.24) is 48.8 Å². The lowest BCUT2D eigenvalue weighted by Crippen LogP contribution is -2.49. The summed E-state index contributed by atoms with van der Waals surface area (Å²) in [6.45, 7) is 5.96. The fourth-order valence-electron chi connectivity index (χ4n) is 9.06. The second-order valence-electron chi connectivity index (χ2n) is 19.0. The fourth-order valence-corrected chi connectivity index (χ4v) is 9.06. The van der Waals surface area contributed by atoms with E-state index in [4.69, 9.17) is 0 Å². The van der Waals surface area contributed by atoms with Gasteiger partial charge in [0.2, 0.25) is 0 Å². The van der Waals surface area contributed by atoms with Crippen molar-refractivity contribution >= 4 is 34.6 Å². The Labute approximate surface area is 450 Å². The van der Waals surface area contributed by atoms with E-state index in [1.807, 2.05) is 29.2 Å². The van der Waals surface area contributed by atoms with Crippen LogP contribution in [0.15, 0.2) is 122 Å². The standard InChI is InChI=1S/C28H27F6N7O.C26H27F2N7O.CH4/c1-27(30,31)15-41-17-36-23(18-2-4-19(29)5-3-18)24(41)25-35-14-22(38-25)26(42)37-20-6-8-21(9-7-20)40-12-10-39(11-13-40)16-28(32,33)34;1-17(27)35-16-30-23(18-3-5-19(28)6-4-18)24(35)25-29-15-22(32-25)26(36)31-20-7-9-21(10-8-20)34-13-11-33(2)12-14-34;/h2-9,14,17H,10-13,15-16H2,1H3,(H,35,38)(H,37,42);3-10,15-17H,11-14H2,1-2H3,(H,29,32)(H,31,36);1H4. The summed E-state index contributed by atoms with van der Waals surface area (Å²) in [6.07, 6.45) is -0.335. The van der Waals surface area contributed by atoms with Crippen LogP contribution in [0.25, 0.3) is 45.6 Å². The Morgan fingerprint density at radius 3 is 1.47 bits per heavy atom. The molecule has 4 aromatic carbocycles. The number of hydrogen-bond acceptors (Lipinski definition) is 10. The van der Waals surface area contributed by atoms with Crippen molar-refractivity contribution in [2.24, 2.45) is 0 Å². The van der Waals surface area contributed by atoms with Gasteiger partial charge in [-0.25, -0.2) is 41.9 Å². The summed E-state index contributed by atoms with van der Waals surface area (Å²) in [5.41, 5.74) is 5.73. The number of H-pyrrole nitrogens is 2. The first-order valence-electron chi connectivity index (χ1n) is 24.8. The summed E-state index contributed by atoms with van der Waals surface area (Å²) >= 11 is 0. The molecule has 10 rings (SSSR count). The quantitative estimate of drug-likeness (QED) is 0.0771. The van der Waals surface area contributed by atoms with Crippen molar-refractivity contribution in [3.63, 3.8) is 0 Å². The van der Waals surface area contributed by atoms with Gasteiger partial charge in [-0.1, -0.05) is 7.43 Å². The highest BCUT2D eigenvalue weighted by Gasteiger charge is 2.33. The highest BCUT2D eigenvalue weighted by Crippen LogP contribution is 2.34. The topological polar surface area (TPSA) is 164 Å². The molecule has 0 bridgehead atoms. The molecule has 2 aliphatic rings. The van der Waals surface area contributed by atoms with Gasteiger partial charge in [-0.3, -0.25) is 19.1 Å². The number of carbonyl (C=O) groups excluding carboxylic acids is 2. The van der Waals surface area contributed by atoms with E-state index in [2.05, 4.69) is 57.4 Å². The number of imidazole rings is 4. The molecule has 6 heterocycles. The van der Waals surface area contributed by atoms with Gasteiger partial charge in [-0.2, -0.15) is 13.2 Å². The van der Waals surface area contributed by atoms with Crippen molar-refractivity contribution in [2.75, 3.05) is 86.4 Å². The Bertz CT molecular complexity index is 3300. The van der Waals surface area contributed by atoms with Crippen LogP contribution in [-0.4, -0.2) is 139 Å². The van der Waals surface area contributed by atoms with Gasteiger partial charge in [-0.15, -0.1) is 0 Å². The number of benzene rings is 4. The maximum atomic E-state index is 14.3. The molecule has 2 amide bonds. The molecule has 2 fully saturated rings. The molecule has 2 aliphatic heterocycles. The van der Waals surface area contributed by atoms with Crippen LogP contribution in [0.3, 0.4) is 0 Å². The zero-order valence-corrected chi connectivity index (χ0v) is 42.5. The monoisotopic (exact) mass is 1100 g/mol. The molecule has 4 N–H and O–H groups in total. The van der Waals surface area contributed by atoms with Gasteiger partial charge < -0.3 is 39.9 Å². The first-order valence-corrected chi connectivity index (χ1v) is 24.8. The fraction of sp³-hybridized carbons (Fsp3) is 0.309. The maximum absolute atomic E-state index is 14.3. The van der Waals surface area contributed by atoms with Crippen LogP contribution in [0, 0.1) is 11.6 Å². The Hall–Kier alpha value is -8.38. The summed E-state index contributed by atoms with van der Waals surface area (Å²) in [6, 6.07) is 25.8. The Kier molecular flexibility index (Phi) is 17.3. The van der Waals surface area contributed by atoms with E-state index in [1.54, 1.807) is 36.4 Å². The Morgan fingerprint density at radius 1 is 0.595 bits per heavy atom. The summed E-state index contributed by atoms with van der Waals surface area (Å²) in [7, 11) is 2.12. The van der Waals surface area contributed by atoms with E-state index in [9.17, 15) is 44.7 Å². The third-order valence-electron chi connectivity index (χ3n) is 13.0. The molecule has 24 heteroatoms. The van der Waals surface area contributed by atoms with E-state index in [1.165, 1.54) is 82.4 Å². The number of aromatic amines is 2. The molecule has 1 unspecified atom stereocenters. The third kappa shape index (κ3) is 14.2. The number of carbonyl (C=O) groups is 2. The van der Waals surface area contributed by atoms with Gasteiger partial charge in [0, 0.05) is 93.2 Å². The van der Waals surface area contributed by atoms with Crippen molar-refractivity contribution < 1.29 is 44.7 Å². The highest BCUT2D eigenvalue weighted by molar-refractivity contribution is 6.04. The Morgan fingerprint density at radius 2 is 1.03 bits per heavy atom. The van der Waals surface area contributed by atoms with Crippen LogP contribution in [0.5, 0.6) is 0 Å². The van der Waals surface area contributed by atoms with Crippen molar-refractivity contribution in [3.8, 4) is 45.6 Å². The minimum Gasteiger partial charge on any atom is -0.369 e. The van der Waals surface area contributed by atoms with Crippen molar-refractivity contribution in [1.29, 1.82) is 0 Å². The molecule has 0 radical (unpaired) electrons. The van der Waals surface area contributed by atoms with Crippen LogP contribution in [0.4, 0.5) is 57.9 Å². The molecule has 16 nitrogen and oxygen atoms in total. The predicted octanol–water partition coefficient (Wildman–Crippen LogP) is 10.9. The van der Waals surface area contributed by atoms with Crippen LogP contribution < -0.4 is 20.4 Å². The van der Waals surface area contributed by atoms with E-state index in [-0.39, 0.29) is 66.7 Å². The zero-order valence-electron chi connectivity index (χ0n) is 42.5. The molecule has 79 heavy (non-hydrogen) atoms. The van der Waals surface area contributed by atoms with E-state index >= 15 is 0 Å². The molecule has 0 saturated carbocycles. The smallest absolute Gasteiger partial charge is 0.369 e. The second kappa shape index (κ2) is 24.1. The van der Waals surface area contributed by atoms with Crippen molar-refractivity contribution in [2.45, 2.75) is 46.2 Å². The molecule has 2 saturated heterocycles. The van der Waals surface area contributed by atoms with Crippen LogP contribution in [0.2, 0.25) is 0 Å². The first kappa shape index (κ1) is 56.8. The number of hydrogen-bond donors (Lipinski definition) is 4. The van der Waals surface area contributed by atoms with Gasteiger partial charge in [0.1, 0.15) is 34.4 Å². The number of halogens is 8. The average molecular weight is 1100 g/mol. The maximum Gasteiger partial charge on any atom is 0.401 e. The van der Waals surface area contributed by atoms with Gasteiger partial charge in [0.25, 0.3) is 17.7 Å². The van der Waals surface area contributed by atoms with Gasteiger partial charge >= 0.3 is 6.18 Å². The molecule has 8 aromatic rings. The average Bonchev–Trinajstić information content (AvgIpc) is 4.32. The zero-order chi connectivity index (χ0) is 55.3. The SMILES string of the molecule is C.CC(F)(F)Cn1cnc(-c2ccc(F)cc2)c1-c1ncc(C(=O)Nc2ccc(N3CCN(CC(F)(F)F)CC3)cc2)[nH]1.CC(F)n1cnc(-c2ccc(F)cc2)c1-c1ncc(C(=O)Nc2ccc(N3CCN(C)CC3)cc2)[nH]1. The lowest BCUT2D eigenvalue weighted by molar-refractivity contribution is -0.146. The number of nitrogens with zero attached hydrogens (tertiary/aromatic N) is 10. The summed E-state index contributed by atoms with van der Waals surface area (Å²) in [5.74, 6) is -4.40.